The van der Waals surface area contributed by atoms with Gasteiger partial charge < -0.3 is 10.1 Å². The summed E-state index contributed by atoms with van der Waals surface area (Å²) in [4.78, 5) is 0. The molecule has 2 heteroatoms. The third kappa shape index (κ3) is 3.42. The zero-order chi connectivity index (χ0) is 14.9. The summed E-state index contributed by atoms with van der Waals surface area (Å²) in [5, 5.41) is 3.73. The van der Waals surface area contributed by atoms with Crippen LogP contribution in [0.15, 0.2) is 24.3 Å². The summed E-state index contributed by atoms with van der Waals surface area (Å²) in [6.07, 6.45) is 6.97. The molecule has 0 saturated heterocycles. The molecule has 2 unspecified atom stereocenters. The van der Waals surface area contributed by atoms with Crippen molar-refractivity contribution in [3.63, 3.8) is 0 Å². The molecule has 1 aromatic rings. The molecule has 21 heavy (non-hydrogen) atoms. The van der Waals surface area contributed by atoms with Crippen LogP contribution >= 0.6 is 0 Å². The SMILES string of the molecule is CCNC(c1ccc(OC2CC2)cc1)C1CCCC1(C)C. The molecule has 2 saturated carbocycles. The maximum Gasteiger partial charge on any atom is 0.119 e. The second-order valence-electron chi connectivity index (χ2n) is 7.41. The Morgan fingerprint density at radius 2 is 1.90 bits per heavy atom. The predicted molar refractivity (Wildman–Crippen MR) is 87.6 cm³/mol. The molecule has 0 amide bonds. The Labute approximate surface area is 129 Å². The molecule has 0 aliphatic heterocycles. The fourth-order valence-corrected chi connectivity index (χ4v) is 3.82. The van der Waals surface area contributed by atoms with Gasteiger partial charge in [0.05, 0.1) is 6.10 Å². The van der Waals surface area contributed by atoms with Gasteiger partial charge in [-0.2, -0.15) is 0 Å². The Hall–Kier alpha value is -1.02. The molecule has 3 rings (SSSR count). The van der Waals surface area contributed by atoms with Crippen molar-refractivity contribution in [3.8, 4) is 5.75 Å². The standard InChI is InChI=1S/C19H29NO/c1-4-20-18(17-6-5-13-19(17,2)3)14-7-9-15(10-8-14)21-16-11-12-16/h7-10,16-18,20H,4-6,11-13H2,1-3H3. The molecule has 2 atom stereocenters. The molecule has 2 aliphatic carbocycles. The number of hydrogen-bond acceptors (Lipinski definition) is 2. The lowest BCUT2D eigenvalue weighted by Gasteiger charge is -2.35. The Morgan fingerprint density at radius 1 is 1.19 bits per heavy atom. The van der Waals surface area contributed by atoms with Crippen molar-refractivity contribution in [1.29, 1.82) is 0 Å². The van der Waals surface area contributed by atoms with E-state index in [4.69, 9.17) is 4.74 Å². The highest BCUT2D eigenvalue weighted by Gasteiger charge is 2.39. The van der Waals surface area contributed by atoms with Crippen LogP contribution in [0.5, 0.6) is 5.75 Å². The van der Waals surface area contributed by atoms with Crippen LogP contribution in [0.4, 0.5) is 0 Å². The molecule has 2 aliphatic rings. The van der Waals surface area contributed by atoms with E-state index < -0.39 is 0 Å². The van der Waals surface area contributed by atoms with Crippen LogP contribution in [0, 0.1) is 11.3 Å². The van der Waals surface area contributed by atoms with Crippen LogP contribution in [-0.2, 0) is 0 Å². The van der Waals surface area contributed by atoms with Gasteiger partial charge in [-0.25, -0.2) is 0 Å². The predicted octanol–water partition coefficient (Wildman–Crippen LogP) is 4.70. The van der Waals surface area contributed by atoms with Crippen molar-refractivity contribution in [2.75, 3.05) is 6.54 Å². The fourth-order valence-electron chi connectivity index (χ4n) is 3.82. The minimum Gasteiger partial charge on any atom is -0.490 e. The van der Waals surface area contributed by atoms with E-state index in [1.807, 2.05) is 0 Å². The van der Waals surface area contributed by atoms with Gasteiger partial charge in [-0.05, 0) is 61.3 Å². The molecule has 2 nitrogen and oxygen atoms in total. The molecule has 0 bridgehead atoms. The normalized spacial score (nSPS) is 25.8. The third-order valence-corrected chi connectivity index (χ3v) is 5.23. The van der Waals surface area contributed by atoms with Crippen LogP contribution in [0.2, 0.25) is 0 Å². The van der Waals surface area contributed by atoms with E-state index in [-0.39, 0.29) is 0 Å². The molecule has 1 N–H and O–H groups in total. The van der Waals surface area contributed by atoms with Crippen molar-refractivity contribution >= 4 is 0 Å². The van der Waals surface area contributed by atoms with Gasteiger partial charge in [0.25, 0.3) is 0 Å². The second kappa shape index (κ2) is 6.00. The van der Waals surface area contributed by atoms with E-state index in [0.29, 0.717) is 17.6 Å². The molecule has 116 valence electrons. The summed E-state index contributed by atoms with van der Waals surface area (Å²) in [6, 6.07) is 9.31. The number of hydrogen-bond donors (Lipinski definition) is 1. The zero-order valence-electron chi connectivity index (χ0n) is 13.7. The molecular formula is C19H29NO. The summed E-state index contributed by atoms with van der Waals surface area (Å²) in [6.45, 7) is 8.09. The van der Waals surface area contributed by atoms with Crippen LogP contribution in [-0.4, -0.2) is 12.6 Å². The largest absolute Gasteiger partial charge is 0.490 e. The second-order valence-corrected chi connectivity index (χ2v) is 7.41. The molecule has 1 aromatic carbocycles. The number of rotatable bonds is 6. The zero-order valence-corrected chi connectivity index (χ0v) is 13.7. The topological polar surface area (TPSA) is 21.3 Å². The number of benzene rings is 1. The minimum atomic E-state index is 0.440. The smallest absolute Gasteiger partial charge is 0.119 e. The van der Waals surface area contributed by atoms with Gasteiger partial charge in [-0.3, -0.25) is 0 Å². The van der Waals surface area contributed by atoms with Crippen molar-refractivity contribution in [2.24, 2.45) is 11.3 Å². The third-order valence-electron chi connectivity index (χ3n) is 5.23. The Bertz CT molecular complexity index is 461. The summed E-state index contributed by atoms with van der Waals surface area (Å²) >= 11 is 0. The first kappa shape index (κ1) is 14.9. The van der Waals surface area contributed by atoms with Gasteiger partial charge in [-0.1, -0.05) is 39.3 Å². The highest BCUT2D eigenvalue weighted by atomic mass is 16.5. The van der Waals surface area contributed by atoms with Crippen LogP contribution in [0.25, 0.3) is 0 Å². The Kier molecular flexibility index (Phi) is 4.26. The molecular weight excluding hydrogens is 258 g/mol. The average Bonchev–Trinajstić information content (AvgIpc) is 3.20. The Morgan fingerprint density at radius 3 is 2.43 bits per heavy atom. The van der Waals surface area contributed by atoms with E-state index in [1.54, 1.807) is 0 Å². The van der Waals surface area contributed by atoms with Crippen molar-refractivity contribution in [2.45, 2.75) is 65.0 Å². The molecule has 0 aromatic heterocycles. The Balaban J connectivity index is 1.76. The highest BCUT2D eigenvalue weighted by molar-refractivity contribution is 5.30. The van der Waals surface area contributed by atoms with Gasteiger partial charge in [0.1, 0.15) is 5.75 Å². The van der Waals surface area contributed by atoms with Crippen LogP contribution in [0.1, 0.15) is 64.5 Å². The average molecular weight is 287 g/mol. The van der Waals surface area contributed by atoms with Crippen molar-refractivity contribution in [3.05, 3.63) is 29.8 Å². The van der Waals surface area contributed by atoms with Gasteiger partial charge in [0.2, 0.25) is 0 Å². The van der Waals surface area contributed by atoms with E-state index in [0.717, 1.165) is 18.2 Å². The van der Waals surface area contributed by atoms with Gasteiger partial charge in [0, 0.05) is 6.04 Å². The first-order valence-corrected chi connectivity index (χ1v) is 8.60. The van der Waals surface area contributed by atoms with E-state index >= 15 is 0 Å². The lowest BCUT2D eigenvalue weighted by molar-refractivity contribution is 0.199. The first-order chi connectivity index (χ1) is 10.1. The summed E-state index contributed by atoms with van der Waals surface area (Å²) in [5.41, 5.74) is 1.86. The summed E-state index contributed by atoms with van der Waals surface area (Å²) < 4.78 is 5.87. The minimum absolute atomic E-state index is 0.440. The quantitative estimate of drug-likeness (QED) is 0.818. The van der Waals surface area contributed by atoms with Gasteiger partial charge in [0.15, 0.2) is 0 Å². The lowest BCUT2D eigenvalue weighted by Crippen LogP contribution is -2.33. The van der Waals surface area contributed by atoms with Gasteiger partial charge in [-0.15, -0.1) is 0 Å². The van der Waals surface area contributed by atoms with E-state index in [2.05, 4.69) is 50.4 Å². The molecule has 0 heterocycles. The first-order valence-electron chi connectivity index (χ1n) is 8.60. The maximum atomic E-state index is 5.87. The fraction of sp³-hybridized carbons (Fsp3) is 0.684. The van der Waals surface area contributed by atoms with Crippen molar-refractivity contribution in [1.82, 2.24) is 5.32 Å². The number of ether oxygens (including phenoxy) is 1. The van der Waals surface area contributed by atoms with Crippen LogP contribution < -0.4 is 10.1 Å². The van der Waals surface area contributed by atoms with E-state index in [1.165, 1.54) is 37.7 Å². The molecule has 0 spiro atoms. The monoisotopic (exact) mass is 287 g/mol. The summed E-state index contributed by atoms with van der Waals surface area (Å²) in [5.74, 6) is 1.76. The highest BCUT2D eigenvalue weighted by Crippen LogP contribution is 2.48. The van der Waals surface area contributed by atoms with E-state index in [9.17, 15) is 0 Å². The van der Waals surface area contributed by atoms with Crippen molar-refractivity contribution < 1.29 is 4.74 Å². The maximum absolute atomic E-state index is 5.87. The molecule has 0 radical (unpaired) electrons. The molecule has 2 fully saturated rings. The lowest BCUT2D eigenvalue weighted by atomic mass is 9.75. The number of nitrogens with one attached hydrogen (secondary N) is 1. The summed E-state index contributed by atoms with van der Waals surface area (Å²) in [7, 11) is 0. The van der Waals surface area contributed by atoms with Crippen LogP contribution in [0.3, 0.4) is 0 Å². The van der Waals surface area contributed by atoms with Gasteiger partial charge >= 0.3 is 0 Å².